The van der Waals surface area contributed by atoms with Crippen LogP contribution < -0.4 is 9.62 Å². The van der Waals surface area contributed by atoms with E-state index in [1.807, 2.05) is 38.1 Å². The fourth-order valence-corrected chi connectivity index (χ4v) is 6.53. The second-order valence-corrected chi connectivity index (χ2v) is 12.0. The molecular weight excluding hydrogens is 529 g/mol. The first-order chi connectivity index (χ1) is 19.2. The number of nitrogens with zero attached hydrogens (tertiary/aromatic N) is 2. The van der Waals surface area contributed by atoms with Gasteiger partial charge in [0.1, 0.15) is 18.4 Å². The molecule has 1 aliphatic carbocycles. The molecule has 4 rings (SSSR count). The van der Waals surface area contributed by atoms with E-state index in [1.54, 1.807) is 30.3 Å². The second-order valence-electron chi connectivity index (χ2n) is 10.2. The minimum atomic E-state index is -4.23. The van der Waals surface area contributed by atoms with Gasteiger partial charge < -0.3 is 10.2 Å². The number of hydrogen-bond acceptors (Lipinski definition) is 4. The van der Waals surface area contributed by atoms with Crippen LogP contribution in [0.1, 0.15) is 50.2 Å². The van der Waals surface area contributed by atoms with Crippen LogP contribution in [0.15, 0.2) is 83.8 Å². The highest BCUT2D eigenvalue weighted by atomic mass is 32.2. The van der Waals surface area contributed by atoms with Crippen molar-refractivity contribution in [1.29, 1.82) is 0 Å². The number of rotatable bonds is 11. The van der Waals surface area contributed by atoms with Gasteiger partial charge in [0.05, 0.1) is 10.6 Å². The van der Waals surface area contributed by atoms with Crippen LogP contribution in [-0.4, -0.2) is 43.8 Å². The van der Waals surface area contributed by atoms with E-state index in [0.29, 0.717) is 12.1 Å². The Labute approximate surface area is 236 Å². The van der Waals surface area contributed by atoms with Crippen molar-refractivity contribution in [3.63, 3.8) is 0 Å². The third-order valence-electron chi connectivity index (χ3n) is 7.41. The summed E-state index contributed by atoms with van der Waals surface area (Å²) < 4.78 is 42.2. The van der Waals surface area contributed by atoms with Gasteiger partial charge in [-0.3, -0.25) is 13.9 Å². The highest BCUT2D eigenvalue weighted by Gasteiger charge is 2.34. The lowest BCUT2D eigenvalue weighted by Crippen LogP contribution is -2.53. The lowest BCUT2D eigenvalue weighted by atomic mass is 10.1. The zero-order valence-corrected chi connectivity index (χ0v) is 23.7. The lowest BCUT2D eigenvalue weighted by Gasteiger charge is -2.34. The summed E-state index contributed by atoms with van der Waals surface area (Å²) in [5.74, 6) is -1.31. The van der Waals surface area contributed by atoms with Gasteiger partial charge in [0.15, 0.2) is 0 Å². The number of amides is 2. The van der Waals surface area contributed by atoms with E-state index in [1.165, 1.54) is 17.0 Å². The van der Waals surface area contributed by atoms with Crippen LogP contribution in [0.4, 0.5) is 10.1 Å². The number of anilines is 1. The molecule has 0 heterocycles. The molecule has 1 unspecified atom stereocenters. The molecule has 3 aromatic rings. The Morgan fingerprint density at radius 1 is 0.950 bits per heavy atom. The molecular formula is C31H36FN3O4S. The van der Waals surface area contributed by atoms with E-state index < -0.39 is 34.3 Å². The van der Waals surface area contributed by atoms with E-state index >= 15 is 0 Å². The molecule has 1 aliphatic rings. The van der Waals surface area contributed by atoms with E-state index in [-0.39, 0.29) is 23.4 Å². The number of sulfonamides is 1. The monoisotopic (exact) mass is 565 g/mol. The fourth-order valence-electron chi connectivity index (χ4n) is 5.11. The number of carbonyl (C=O) groups excluding carboxylic acids is 2. The van der Waals surface area contributed by atoms with E-state index in [4.69, 9.17) is 0 Å². The average molecular weight is 566 g/mol. The van der Waals surface area contributed by atoms with Crippen molar-refractivity contribution in [3.05, 3.63) is 95.8 Å². The van der Waals surface area contributed by atoms with Crippen molar-refractivity contribution in [2.75, 3.05) is 10.8 Å². The van der Waals surface area contributed by atoms with Crippen molar-refractivity contribution in [2.45, 2.75) is 69.5 Å². The van der Waals surface area contributed by atoms with Crippen LogP contribution in [0, 0.1) is 12.7 Å². The van der Waals surface area contributed by atoms with Gasteiger partial charge in [-0.25, -0.2) is 12.8 Å². The summed E-state index contributed by atoms with van der Waals surface area (Å²) in [7, 11) is -4.23. The number of carbonyl (C=O) groups is 2. The quantitative estimate of drug-likeness (QED) is 0.347. The van der Waals surface area contributed by atoms with Crippen LogP contribution in [-0.2, 0) is 26.2 Å². The van der Waals surface area contributed by atoms with Crippen molar-refractivity contribution >= 4 is 27.5 Å². The molecule has 0 saturated heterocycles. The van der Waals surface area contributed by atoms with Crippen LogP contribution in [0.2, 0.25) is 0 Å². The molecule has 2 amide bonds. The first-order valence-electron chi connectivity index (χ1n) is 13.7. The summed E-state index contributed by atoms with van der Waals surface area (Å²) in [5.41, 5.74) is 2.13. The zero-order chi connectivity index (χ0) is 28.7. The van der Waals surface area contributed by atoms with Gasteiger partial charge in [-0.2, -0.15) is 0 Å². The van der Waals surface area contributed by atoms with E-state index in [9.17, 15) is 22.4 Å². The Morgan fingerprint density at radius 2 is 1.57 bits per heavy atom. The summed E-state index contributed by atoms with van der Waals surface area (Å²) in [6.45, 7) is 3.41. The predicted octanol–water partition coefficient (Wildman–Crippen LogP) is 5.20. The summed E-state index contributed by atoms with van der Waals surface area (Å²) in [4.78, 5) is 28.9. The third-order valence-corrected chi connectivity index (χ3v) is 9.20. The van der Waals surface area contributed by atoms with Gasteiger partial charge in [0.2, 0.25) is 11.8 Å². The smallest absolute Gasteiger partial charge is 0.264 e. The predicted molar refractivity (Wildman–Crippen MR) is 154 cm³/mol. The van der Waals surface area contributed by atoms with Crippen LogP contribution in [0.25, 0.3) is 0 Å². The van der Waals surface area contributed by atoms with Gasteiger partial charge in [-0.05, 0) is 73.7 Å². The normalized spacial score (nSPS) is 14.5. The molecule has 9 heteroatoms. The molecule has 7 nitrogen and oxygen atoms in total. The molecule has 0 bridgehead atoms. The molecule has 40 heavy (non-hydrogen) atoms. The first kappa shape index (κ1) is 29.3. The third kappa shape index (κ3) is 6.88. The number of nitrogens with one attached hydrogen (secondary N) is 1. The van der Waals surface area contributed by atoms with E-state index in [0.717, 1.165) is 53.2 Å². The molecule has 1 saturated carbocycles. The first-order valence-corrected chi connectivity index (χ1v) is 15.1. The highest BCUT2D eigenvalue weighted by molar-refractivity contribution is 7.92. The standard InChI is InChI=1S/C31H36FN3O4S/c1-3-29(31(37)33-26-13-9-10-14-26)34(21-24-12-8-7-11-23(24)2)30(36)22-35(27-15-5-4-6-16-27)40(38,39)28-19-17-25(32)18-20-28/h4-8,11-12,15-20,26,29H,3,9-10,13-14,21-22H2,1-2H3,(H,33,37). The number of halogens is 1. The highest BCUT2D eigenvalue weighted by Crippen LogP contribution is 2.25. The minimum Gasteiger partial charge on any atom is -0.352 e. The molecule has 1 fully saturated rings. The summed E-state index contributed by atoms with van der Waals surface area (Å²) in [6.07, 6.45) is 4.30. The molecule has 1 N–H and O–H groups in total. The maximum Gasteiger partial charge on any atom is 0.264 e. The Kier molecular flexibility index (Phi) is 9.58. The van der Waals surface area contributed by atoms with E-state index in [2.05, 4.69) is 5.32 Å². The topological polar surface area (TPSA) is 86.8 Å². The van der Waals surface area contributed by atoms with Crippen molar-refractivity contribution < 1.29 is 22.4 Å². The number of hydrogen-bond donors (Lipinski definition) is 1. The number of benzene rings is 3. The second kappa shape index (κ2) is 13.1. The molecule has 0 spiro atoms. The maximum absolute atomic E-state index is 14.1. The van der Waals surface area contributed by atoms with Crippen molar-refractivity contribution in [3.8, 4) is 0 Å². The summed E-state index contributed by atoms with van der Waals surface area (Å²) in [5, 5.41) is 3.11. The van der Waals surface area contributed by atoms with Gasteiger partial charge >= 0.3 is 0 Å². The molecule has 212 valence electrons. The Bertz CT molecular complexity index is 1410. The van der Waals surface area contributed by atoms with Crippen molar-refractivity contribution in [1.82, 2.24) is 10.2 Å². The fraction of sp³-hybridized carbons (Fsp3) is 0.355. The lowest BCUT2D eigenvalue weighted by molar-refractivity contribution is -0.140. The molecule has 0 aromatic heterocycles. The largest absolute Gasteiger partial charge is 0.352 e. The SMILES string of the molecule is CCC(C(=O)NC1CCCC1)N(Cc1ccccc1C)C(=O)CN(c1ccccc1)S(=O)(=O)c1ccc(F)cc1. The van der Waals surface area contributed by atoms with Gasteiger partial charge in [-0.1, -0.05) is 62.2 Å². The van der Waals surface area contributed by atoms with Crippen LogP contribution in [0.3, 0.4) is 0 Å². The van der Waals surface area contributed by atoms with Crippen LogP contribution in [0.5, 0.6) is 0 Å². The Morgan fingerprint density at radius 3 is 2.20 bits per heavy atom. The number of aryl methyl sites for hydroxylation is 1. The van der Waals surface area contributed by atoms with Gasteiger partial charge in [0.25, 0.3) is 10.0 Å². The number of para-hydroxylation sites is 1. The zero-order valence-electron chi connectivity index (χ0n) is 22.9. The molecule has 1 atom stereocenters. The summed E-state index contributed by atoms with van der Waals surface area (Å²) >= 11 is 0. The van der Waals surface area contributed by atoms with Crippen LogP contribution >= 0.6 is 0 Å². The molecule has 3 aromatic carbocycles. The Balaban J connectivity index is 1.70. The van der Waals surface area contributed by atoms with Crippen molar-refractivity contribution in [2.24, 2.45) is 0 Å². The van der Waals surface area contributed by atoms with Gasteiger partial charge in [-0.15, -0.1) is 0 Å². The molecule has 0 radical (unpaired) electrons. The van der Waals surface area contributed by atoms with Gasteiger partial charge in [0, 0.05) is 12.6 Å². The average Bonchev–Trinajstić information content (AvgIpc) is 3.46. The summed E-state index contributed by atoms with van der Waals surface area (Å²) in [6, 6.07) is 19.7. The maximum atomic E-state index is 14.1. The minimum absolute atomic E-state index is 0.0802. The Hall–Kier alpha value is -3.72. The molecule has 0 aliphatic heterocycles.